The molecule has 0 bridgehead atoms. The molecule has 0 spiro atoms. The van der Waals surface area contributed by atoms with E-state index in [2.05, 4.69) is 0 Å². The maximum absolute atomic E-state index is 13.8. The van der Waals surface area contributed by atoms with Crippen LogP contribution in [0.3, 0.4) is 0 Å². The van der Waals surface area contributed by atoms with E-state index in [-0.39, 0.29) is 29.2 Å². The largest absolute Gasteiger partial charge is 0.460 e. The van der Waals surface area contributed by atoms with Crippen LogP contribution in [0, 0.1) is 24.1 Å². The van der Waals surface area contributed by atoms with E-state index in [9.17, 15) is 17.6 Å². The molecule has 28 heavy (non-hydrogen) atoms. The Bertz CT molecular complexity index is 1030. The van der Waals surface area contributed by atoms with Crippen LogP contribution in [0.2, 0.25) is 0 Å². The summed E-state index contributed by atoms with van der Waals surface area (Å²) in [4.78, 5) is 12.6. The van der Waals surface area contributed by atoms with E-state index in [1.54, 1.807) is 12.1 Å². The second-order valence-electron chi connectivity index (χ2n) is 6.61. The van der Waals surface area contributed by atoms with Crippen molar-refractivity contribution in [1.29, 1.82) is 5.26 Å². The number of hydrogen-bond acceptors (Lipinski definition) is 5. The fourth-order valence-electron chi connectivity index (χ4n) is 3.11. The first-order valence-corrected chi connectivity index (χ1v) is 10.2. The molecule has 0 saturated carbocycles. The van der Waals surface area contributed by atoms with Crippen molar-refractivity contribution in [3.63, 3.8) is 0 Å². The van der Waals surface area contributed by atoms with Gasteiger partial charge in [-0.3, -0.25) is 4.79 Å². The highest BCUT2D eigenvalue weighted by molar-refractivity contribution is 7.89. The summed E-state index contributed by atoms with van der Waals surface area (Å²) in [6.07, 6.45) is 0.869. The molecule has 1 aliphatic rings. The summed E-state index contributed by atoms with van der Waals surface area (Å²) in [6.45, 7) is 1.70. The molecule has 2 aromatic rings. The highest BCUT2D eigenvalue weighted by atomic mass is 32.2. The lowest BCUT2D eigenvalue weighted by molar-refractivity contribution is -0.148. The van der Waals surface area contributed by atoms with Gasteiger partial charge in [0.25, 0.3) is 0 Å². The van der Waals surface area contributed by atoms with Crippen molar-refractivity contribution in [2.75, 3.05) is 6.54 Å². The highest BCUT2D eigenvalue weighted by Gasteiger charge is 2.40. The first-order chi connectivity index (χ1) is 13.3. The van der Waals surface area contributed by atoms with Gasteiger partial charge in [0.1, 0.15) is 18.5 Å². The zero-order valence-electron chi connectivity index (χ0n) is 15.3. The zero-order chi connectivity index (χ0) is 20.3. The number of esters is 1. The molecule has 0 radical (unpaired) electrons. The Labute approximate surface area is 163 Å². The zero-order valence-corrected chi connectivity index (χ0v) is 16.1. The third-order valence-electron chi connectivity index (χ3n) is 4.65. The van der Waals surface area contributed by atoms with E-state index in [1.165, 1.54) is 24.3 Å². The molecule has 0 aliphatic carbocycles. The van der Waals surface area contributed by atoms with Crippen LogP contribution in [0.4, 0.5) is 4.39 Å². The molecule has 146 valence electrons. The molecular weight excluding hydrogens is 383 g/mol. The van der Waals surface area contributed by atoms with Crippen LogP contribution < -0.4 is 0 Å². The minimum absolute atomic E-state index is 0.0679. The molecule has 6 nitrogen and oxygen atoms in total. The minimum atomic E-state index is -3.84. The molecule has 0 unspecified atom stereocenters. The van der Waals surface area contributed by atoms with Crippen LogP contribution in [-0.2, 0) is 26.2 Å². The maximum Gasteiger partial charge on any atom is 0.324 e. The third-order valence-corrected chi connectivity index (χ3v) is 6.57. The van der Waals surface area contributed by atoms with E-state index in [4.69, 9.17) is 10.00 Å². The van der Waals surface area contributed by atoms with Crippen molar-refractivity contribution in [2.24, 2.45) is 0 Å². The number of nitrogens with zero attached hydrogens (tertiary/aromatic N) is 2. The first-order valence-electron chi connectivity index (χ1n) is 8.76. The topological polar surface area (TPSA) is 87.5 Å². The Morgan fingerprint density at radius 3 is 2.68 bits per heavy atom. The van der Waals surface area contributed by atoms with Crippen molar-refractivity contribution in [3.8, 4) is 6.07 Å². The summed E-state index contributed by atoms with van der Waals surface area (Å²) in [5.74, 6) is -1.32. The Hall–Kier alpha value is -2.76. The Balaban J connectivity index is 1.75. The molecule has 1 atom stereocenters. The van der Waals surface area contributed by atoms with Gasteiger partial charge in [0.05, 0.1) is 16.5 Å². The fraction of sp³-hybridized carbons (Fsp3) is 0.300. The summed E-state index contributed by atoms with van der Waals surface area (Å²) in [7, 11) is -3.84. The Morgan fingerprint density at radius 2 is 2.00 bits per heavy atom. The van der Waals surface area contributed by atoms with E-state index in [0.717, 1.165) is 15.9 Å². The molecule has 0 aromatic heterocycles. The highest BCUT2D eigenvalue weighted by Crippen LogP contribution is 2.27. The number of carbonyl (C=O) groups excluding carboxylic acids is 1. The molecule has 2 aromatic carbocycles. The lowest BCUT2D eigenvalue weighted by Gasteiger charge is -2.23. The Morgan fingerprint density at radius 1 is 1.29 bits per heavy atom. The predicted octanol–water partition coefficient (Wildman–Crippen LogP) is 2.90. The molecule has 1 saturated heterocycles. The average molecular weight is 402 g/mol. The SMILES string of the molecule is Cc1ccc(S(=O)(=O)N2CCC[C@H]2C(=O)OCc2cc(C#N)ccc2F)cc1. The van der Waals surface area contributed by atoms with Crippen LogP contribution in [-0.4, -0.2) is 31.3 Å². The standard InChI is InChI=1S/C20H19FN2O4S/c1-14-4-7-17(8-5-14)28(25,26)23-10-2-3-19(23)20(24)27-13-16-11-15(12-22)6-9-18(16)21/h4-9,11,19H,2-3,10,13H2,1H3/t19-/m0/s1. The van der Waals surface area contributed by atoms with Crippen molar-refractivity contribution >= 4 is 16.0 Å². The lowest BCUT2D eigenvalue weighted by Crippen LogP contribution is -2.41. The second kappa shape index (κ2) is 8.09. The van der Waals surface area contributed by atoms with Crippen LogP contribution in [0.15, 0.2) is 47.4 Å². The number of aryl methyl sites for hydroxylation is 1. The fourth-order valence-corrected chi connectivity index (χ4v) is 4.76. The number of rotatable bonds is 5. The van der Waals surface area contributed by atoms with Crippen molar-refractivity contribution in [3.05, 3.63) is 65.0 Å². The lowest BCUT2D eigenvalue weighted by atomic mass is 10.1. The van der Waals surface area contributed by atoms with Gasteiger partial charge in [-0.15, -0.1) is 0 Å². The monoisotopic (exact) mass is 402 g/mol. The molecule has 8 heteroatoms. The summed E-state index contributed by atoms with van der Waals surface area (Å²) < 4.78 is 46.0. The van der Waals surface area contributed by atoms with Crippen molar-refractivity contribution in [2.45, 2.75) is 37.3 Å². The minimum Gasteiger partial charge on any atom is -0.460 e. The van der Waals surface area contributed by atoms with E-state index >= 15 is 0 Å². The maximum atomic E-state index is 13.8. The van der Waals surface area contributed by atoms with Gasteiger partial charge in [-0.05, 0) is 50.1 Å². The Kier molecular flexibility index (Phi) is 5.77. The van der Waals surface area contributed by atoms with Crippen LogP contribution >= 0.6 is 0 Å². The molecule has 0 N–H and O–H groups in total. The summed E-state index contributed by atoms with van der Waals surface area (Å²) in [5.41, 5.74) is 1.24. The van der Waals surface area contributed by atoms with E-state index in [1.807, 2.05) is 13.0 Å². The number of carbonyl (C=O) groups is 1. The van der Waals surface area contributed by atoms with Gasteiger partial charge < -0.3 is 4.74 Å². The van der Waals surface area contributed by atoms with Gasteiger partial charge in [-0.25, -0.2) is 12.8 Å². The average Bonchev–Trinajstić information content (AvgIpc) is 3.18. The van der Waals surface area contributed by atoms with Gasteiger partial charge >= 0.3 is 5.97 Å². The van der Waals surface area contributed by atoms with Gasteiger partial charge in [0, 0.05) is 12.1 Å². The van der Waals surface area contributed by atoms with Gasteiger partial charge in [0.15, 0.2) is 0 Å². The molecular formula is C20H19FN2O4S. The van der Waals surface area contributed by atoms with E-state index < -0.39 is 27.9 Å². The van der Waals surface area contributed by atoms with Gasteiger partial charge in [0.2, 0.25) is 10.0 Å². The second-order valence-corrected chi connectivity index (χ2v) is 8.50. The number of sulfonamides is 1. The van der Waals surface area contributed by atoms with Gasteiger partial charge in [-0.1, -0.05) is 17.7 Å². The third kappa shape index (κ3) is 4.06. The summed E-state index contributed by atoms with van der Waals surface area (Å²) >= 11 is 0. The van der Waals surface area contributed by atoms with E-state index in [0.29, 0.717) is 12.8 Å². The first kappa shape index (κ1) is 20.0. The van der Waals surface area contributed by atoms with Crippen molar-refractivity contribution in [1.82, 2.24) is 4.31 Å². The quantitative estimate of drug-likeness (QED) is 0.718. The normalized spacial score (nSPS) is 17.2. The molecule has 1 heterocycles. The number of halogens is 1. The van der Waals surface area contributed by atoms with Gasteiger partial charge in [-0.2, -0.15) is 9.57 Å². The molecule has 1 fully saturated rings. The van der Waals surface area contributed by atoms with Crippen LogP contribution in [0.1, 0.15) is 29.5 Å². The number of hydrogen-bond donors (Lipinski definition) is 0. The summed E-state index contributed by atoms with van der Waals surface area (Å²) in [5, 5.41) is 8.90. The predicted molar refractivity (Wildman–Crippen MR) is 99.0 cm³/mol. The number of ether oxygens (including phenoxy) is 1. The molecule has 3 rings (SSSR count). The molecule has 0 amide bonds. The number of nitriles is 1. The van der Waals surface area contributed by atoms with Crippen LogP contribution in [0.25, 0.3) is 0 Å². The summed E-state index contributed by atoms with van der Waals surface area (Å²) in [6, 6.07) is 11.1. The van der Waals surface area contributed by atoms with Crippen molar-refractivity contribution < 1.29 is 22.3 Å². The van der Waals surface area contributed by atoms with Crippen LogP contribution in [0.5, 0.6) is 0 Å². The molecule has 1 aliphatic heterocycles. The smallest absolute Gasteiger partial charge is 0.324 e. The number of benzene rings is 2.